The summed E-state index contributed by atoms with van der Waals surface area (Å²) in [6, 6.07) is 14.8. The Bertz CT molecular complexity index is 752. The van der Waals surface area contributed by atoms with E-state index in [4.69, 9.17) is 0 Å². The highest BCUT2D eigenvalue weighted by molar-refractivity contribution is 6.05. The summed E-state index contributed by atoms with van der Waals surface area (Å²) >= 11 is 0. The van der Waals surface area contributed by atoms with Gasteiger partial charge in [-0.2, -0.15) is 0 Å². The van der Waals surface area contributed by atoms with Crippen molar-refractivity contribution in [1.29, 1.82) is 0 Å². The highest BCUT2D eigenvalue weighted by Gasteiger charge is 2.13. The summed E-state index contributed by atoms with van der Waals surface area (Å²) in [5.74, 6) is -0.355. The van der Waals surface area contributed by atoms with E-state index in [9.17, 15) is 9.59 Å². The first-order valence-corrected chi connectivity index (χ1v) is 8.16. The largest absolute Gasteiger partial charge is 0.371 e. The Labute approximate surface area is 141 Å². The normalized spacial score (nSPS) is 13.6. The molecule has 3 rings (SSSR count). The minimum absolute atomic E-state index is 0.161. The first-order valence-electron chi connectivity index (χ1n) is 8.16. The molecule has 24 heavy (non-hydrogen) atoms. The molecule has 0 radical (unpaired) electrons. The number of anilines is 3. The van der Waals surface area contributed by atoms with Gasteiger partial charge in [0.2, 0.25) is 5.91 Å². The van der Waals surface area contributed by atoms with E-state index in [1.807, 2.05) is 18.2 Å². The van der Waals surface area contributed by atoms with Gasteiger partial charge in [0.05, 0.1) is 0 Å². The molecule has 1 heterocycles. The van der Waals surface area contributed by atoms with Crippen LogP contribution in [0.25, 0.3) is 0 Å². The molecule has 0 aromatic heterocycles. The first-order chi connectivity index (χ1) is 11.6. The molecule has 1 saturated heterocycles. The number of carbonyl (C=O) groups excluding carboxylic acids is 2. The fraction of sp³-hybridized carbons (Fsp3) is 0.263. The Balaban J connectivity index is 1.72. The molecule has 0 unspecified atom stereocenters. The van der Waals surface area contributed by atoms with Crippen LogP contribution in [0.5, 0.6) is 0 Å². The van der Waals surface area contributed by atoms with Gasteiger partial charge in [-0.1, -0.05) is 12.1 Å². The third-order valence-corrected chi connectivity index (χ3v) is 4.02. The minimum Gasteiger partial charge on any atom is -0.371 e. The molecule has 0 aliphatic carbocycles. The summed E-state index contributed by atoms with van der Waals surface area (Å²) in [4.78, 5) is 25.9. The van der Waals surface area contributed by atoms with Gasteiger partial charge in [0, 0.05) is 42.6 Å². The van der Waals surface area contributed by atoms with E-state index in [2.05, 4.69) is 21.6 Å². The molecule has 1 aliphatic heterocycles. The van der Waals surface area contributed by atoms with Gasteiger partial charge in [-0.25, -0.2) is 0 Å². The lowest BCUT2D eigenvalue weighted by Gasteiger charge is -2.18. The van der Waals surface area contributed by atoms with Crippen molar-refractivity contribution < 1.29 is 9.59 Å². The van der Waals surface area contributed by atoms with Gasteiger partial charge in [0.1, 0.15) is 0 Å². The number of benzene rings is 2. The van der Waals surface area contributed by atoms with Crippen molar-refractivity contribution in [3.8, 4) is 0 Å². The molecule has 0 atom stereocenters. The molecule has 2 N–H and O–H groups in total. The van der Waals surface area contributed by atoms with Gasteiger partial charge < -0.3 is 15.5 Å². The molecule has 0 spiro atoms. The van der Waals surface area contributed by atoms with E-state index in [0.29, 0.717) is 11.3 Å². The van der Waals surface area contributed by atoms with Gasteiger partial charge in [0.25, 0.3) is 5.91 Å². The van der Waals surface area contributed by atoms with E-state index < -0.39 is 0 Å². The summed E-state index contributed by atoms with van der Waals surface area (Å²) in [6.45, 7) is 3.57. The van der Waals surface area contributed by atoms with Crippen LogP contribution >= 0.6 is 0 Å². The Morgan fingerprint density at radius 2 is 1.58 bits per heavy atom. The lowest BCUT2D eigenvalue weighted by atomic mass is 10.1. The van der Waals surface area contributed by atoms with Crippen molar-refractivity contribution in [2.24, 2.45) is 0 Å². The van der Waals surface area contributed by atoms with Crippen LogP contribution in [0.4, 0.5) is 17.1 Å². The summed E-state index contributed by atoms with van der Waals surface area (Å²) in [5.41, 5.74) is 3.03. The van der Waals surface area contributed by atoms with Crippen molar-refractivity contribution in [2.45, 2.75) is 19.8 Å². The molecule has 124 valence electrons. The van der Waals surface area contributed by atoms with Crippen molar-refractivity contribution >= 4 is 28.9 Å². The van der Waals surface area contributed by atoms with Gasteiger partial charge in [-0.15, -0.1) is 0 Å². The number of hydrogen-bond acceptors (Lipinski definition) is 3. The number of rotatable bonds is 4. The smallest absolute Gasteiger partial charge is 0.255 e. The van der Waals surface area contributed by atoms with Crippen molar-refractivity contribution in [2.75, 3.05) is 28.6 Å². The molecular formula is C19H21N3O2. The lowest BCUT2D eigenvalue weighted by molar-refractivity contribution is -0.114. The highest BCUT2D eigenvalue weighted by atomic mass is 16.2. The lowest BCUT2D eigenvalue weighted by Crippen LogP contribution is -2.18. The molecule has 1 aliphatic rings. The Hall–Kier alpha value is -2.82. The number of nitrogens with one attached hydrogen (secondary N) is 2. The zero-order valence-corrected chi connectivity index (χ0v) is 13.7. The van der Waals surface area contributed by atoms with Crippen LogP contribution in [0.15, 0.2) is 48.5 Å². The van der Waals surface area contributed by atoms with Crippen LogP contribution < -0.4 is 15.5 Å². The predicted molar refractivity (Wildman–Crippen MR) is 96.6 cm³/mol. The van der Waals surface area contributed by atoms with Gasteiger partial charge in [0.15, 0.2) is 0 Å². The number of nitrogens with zero attached hydrogens (tertiary/aromatic N) is 1. The predicted octanol–water partition coefficient (Wildman–Crippen LogP) is 3.50. The topological polar surface area (TPSA) is 61.4 Å². The Morgan fingerprint density at radius 1 is 0.917 bits per heavy atom. The van der Waals surface area contributed by atoms with Gasteiger partial charge >= 0.3 is 0 Å². The fourth-order valence-corrected chi connectivity index (χ4v) is 2.90. The molecule has 0 bridgehead atoms. The summed E-state index contributed by atoms with van der Waals surface area (Å²) in [6.07, 6.45) is 2.43. The molecule has 5 heteroatoms. The second-order valence-corrected chi connectivity index (χ2v) is 5.96. The molecular weight excluding hydrogens is 302 g/mol. The average Bonchev–Trinajstić information content (AvgIpc) is 3.09. The summed E-state index contributed by atoms with van der Waals surface area (Å²) in [7, 11) is 0. The maximum atomic E-state index is 12.4. The molecule has 2 amide bonds. The maximum Gasteiger partial charge on any atom is 0.255 e. The summed E-state index contributed by atoms with van der Waals surface area (Å²) in [5, 5.41) is 5.61. The molecule has 2 aromatic carbocycles. The zero-order valence-electron chi connectivity index (χ0n) is 13.7. The maximum absolute atomic E-state index is 12.4. The van der Waals surface area contributed by atoms with Crippen molar-refractivity contribution in [3.05, 3.63) is 54.1 Å². The minimum atomic E-state index is -0.194. The van der Waals surface area contributed by atoms with Crippen LogP contribution in [0, 0.1) is 0 Å². The third kappa shape index (κ3) is 3.93. The molecule has 5 nitrogen and oxygen atoms in total. The van der Waals surface area contributed by atoms with Crippen LogP contribution in [0.2, 0.25) is 0 Å². The summed E-state index contributed by atoms with van der Waals surface area (Å²) < 4.78 is 0. The second-order valence-electron chi connectivity index (χ2n) is 5.96. The van der Waals surface area contributed by atoms with E-state index in [1.54, 1.807) is 24.3 Å². The van der Waals surface area contributed by atoms with E-state index in [0.717, 1.165) is 24.5 Å². The van der Waals surface area contributed by atoms with Gasteiger partial charge in [-0.3, -0.25) is 9.59 Å². The van der Waals surface area contributed by atoms with E-state index >= 15 is 0 Å². The van der Waals surface area contributed by atoms with Crippen molar-refractivity contribution in [1.82, 2.24) is 0 Å². The Kier molecular flexibility index (Phi) is 4.79. The number of amides is 2. The molecule has 0 saturated carbocycles. The molecule has 2 aromatic rings. The van der Waals surface area contributed by atoms with Gasteiger partial charge in [-0.05, 0) is 49.2 Å². The second kappa shape index (κ2) is 7.17. The SMILES string of the molecule is CC(=O)Nc1cccc(C(=O)Nc2cccc(N3CCCC3)c2)c1. The number of carbonyl (C=O) groups is 2. The van der Waals surface area contributed by atoms with E-state index in [1.165, 1.54) is 19.8 Å². The van der Waals surface area contributed by atoms with E-state index in [-0.39, 0.29) is 11.8 Å². The first kappa shape index (κ1) is 16.1. The average molecular weight is 323 g/mol. The monoisotopic (exact) mass is 323 g/mol. The number of hydrogen-bond donors (Lipinski definition) is 2. The highest BCUT2D eigenvalue weighted by Crippen LogP contribution is 2.23. The van der Waals surface area contributed by atoms with Crippen molar-refractivity contribution in [3.63, 3.8) is 0 Å². The third-order valence-electron chi connectivity index (χ3n) is 4.02. The van der Waals surface area contributed by atoms with Crippen LogP contribution in [0.3, 0.4) is 0 Å². The quantitative estimate of drug-likeness (QED) is 0.905. The van der Waals surface area contributed by atoms with Crippen LogP contribution in [-0.2, 0) is 4.79 Å². The zero-order chi connectivity index (χ0) is 16.9. The Morgan fingerprint density at radius 3 is 2.29 bits per heavy atom. The standard InChI is InChI=1S/C19H21N3O2/c1-14(23)20-16-7-4-6-15(12-16)19(24)21-17-8-5-9-18(13-17)22-10-2-3-11-22/h4-9,12-13H,2-3,10-11H2,1H3,(H,20,23)(H,21,24). The fourth-order valence-electron chi connectivity index (χ4n) is 2.90. The molecule has 1 fully saturated rings. The van der Waals surface area contributed by atoms with Crippen LogP contribution in [0.1, 0.15) is 30.1 Å². The van der Waals surface area contributed by atoms with Crippen LogP contribution in [-0.4, -0.2) is 24.9 Å².